The van der Waals surface area contributed by atoms with Gasteiger partial charge in [-0.2, -0.15) is 0 Å². The van der Waals surface area contributed by atoms with Crippen molar-refractivity contribution in [2.75, 3.05) is 13.1 Å². The number of esters is 1. The van der Waals surface area contributed by atoms with Crippen molar-refractivity contribution in [2.45, 2.75) is 71.6 Å². The molecule has 2 atom stereocenters. The molecule has 1 fully saturated rings. The molecule has 1 amide bonds. The number of carbonyl (C=O) groups is 2. The molecule has 0 aromatic rings. The van der Waals surface area contributed by atoms with Crippen LogP contribution in [0.2, 0.25) is 0 Å². The van der Waals surface area contributed by atoms with Crippen LogP contribution in [0.25, 0.3) is 0 Å². The first-order valence-electron chi connectivity index (χ1n) is 8.06. The number of nitrogens with zero attached hydrogens (tertiary/aromatic N) is 1. The standard InChI is InChI=1S/C16H30N2O4/c1-11(2)9-13(14(19)22-16(3,4)5)17-10-12-7-6-8-18(12)15(20)21/h11-13,17H,6-10H2,1-5H3,(H,20,21)/t12-,13-/m0/s1. The van der Waals surface area contributed by atoms with Gasteiger partial charge in [-0.1, -0.05) is 13.8 Å². The fourth-order valence-corrected chi connectivity index (χ4v) is 2.69. The van der Waals surface area contributed by atoms with Crippen molar-refractivity contribution in [3.05, 3.63) is 0 Å². The van der Waals surface area contributed by atoms with Crippen LogP contribution in [-0.4, -0.2) is 52.8 Å². The highest BCUT2D eigenvalue weighted by molar-refractivity contribution is 5.76. The second kappa shape index (κ2) is 7.81. The largest absolute Gasteiger partial charge is 0.465 e. The smallest absolute Gasteiger partial charge is 0.407 e. The van der Waals surface area contributed by atoms with E-state index in [1.807, 2.05) is 20.8 Å². The molecule has 1 saturated heterocycles. The number of carbonyl (C=O) groups excluding carboxylic acids is 1. The van der Waals surface area contributed by atoms with Crippen LogP contribution in [0.15, 0.2) is 0 Å². The number of ether oxygens (including phenoxy) is 1. The zero-order valence-electron chi connectivity index (χ0n) is 14.4. The number of nitrogens with one attached hydrogen (secondary N) is 1. The van der Waals surface area contributed by atoms with Crippen molar-refractivity contribution in [3.63, 3.8) is 0 Å². The Morgan fingerprint density at radius 3 is 2.50 bits per heavy atom. The van der Waals surface area contributed by atoms with Crippen molar-refractivity contribution < 1.29 is 19.4 Å². The highest BCUT2D eigenvalue weighted by atomic mass is 16.6. The highest BCUT2D eigenvalue weighted by Crippen LogP contribution is 2.18. The van der Waals surface area contributed by atoms with E-state index in [0.29, 0.717) is 25.4 Å². The average molecular weight is 314 g/mol. The second-order valence-corrected chi connectivity index (χ2v) is 7.40. The molecule has 0 radical (unpaired) electrons. The van der Waals surface area contributed by atoms with Gasteiger partial charge in [-0.3, -0.25) is 4.79 Å². The van der Waals surface area contributed by atoms with Gasteiger partial charge in [0.15, 0.2) is 0 Å². The van der Waals surface area contributed by atoms with Crippen molar-refractivity contribution in [1.82, 2.24) is 10.2 Å². The summed E-state index contributed by atoms with van der Waals surface area (Å²) in [5.41, 5.74) is -0.519. The Kier molecular flexibility index (Phi) is 6.66. The predicted molar refractivity (Wildman–Crippen MR) is 84.8 cm³/mol. The fraction of sp³-hybridized carbons (Fsp3) is 0.875. The van der Waals surface area contributed by atoms with Gasteiger partial charge in [0.2, 0.25) is 0 Å². The number of carboxylic acid groups (broad SMARTS) is 1. The van der Waals surface area contributed by atoms with E-state index in [4.69, 9.17) is 9.84 Å². The Bertz CT molecular complexity index is 390. The third kappa shape index (κ3) is 6.22. The molecule has 1 aliphatic rings. The lowest BCUT2D eigenvalue weighted by molar-refractivity contribution is -0.158. The average Bonchev–Trinajstić information content (AvgIpc) is 2.80. The molecule has 2 N–H and O–H groups in total. The van der Waals surface area contributed by atoms with Crippen molar-refractivity contribution in [3.8, 4) is 0 Å². The summed E-state index contributed by atoms with van der Waals surface area (Å²) in [5, 5.41) is 12.4. The van der Waals surface area contributed by atoms with Gasteiger partial charge in [-0.05, 0) is 46.0 Å². The Balaban J connectivity index is 2.61. The summed E-state index contributed by atoms with van der Waals surface area (Å²) < 4.78 is 5.46. The topological polar surface area (TPSA) is 78.9 Å². The summed E-state index contributed by atoms with van der Waals surface area (Å²) in [7, 11) is 0. The van der Waals surface area contributed by atoms with Crippen molar-refractivity contribution in [2.24, 2.45) is 5.92 Å². The summed E-state index contributed by atoms with van der Waals surface area (Å²) in [6.07, 6.45) is 1.50. The molecule has 0 bridgehead atoms. The van der Waals surface area contributed by atoms with E-state index in [2.05, 4.69) is 19.2 Å². The van der Waals surface area contributed by atoms with E-state index in [0.717, 1.165) is 12.8 Å². The molecule has 6 nitrogen and oxygen atoms in total. The van der Waals surface area contributed by atoms with E-state index in [-0.39, 0.29) is 12.0 Å². The Hall–Kier alpha value is -1.30. The molecule has 1 rings (SSSR count). The van der Waals surface area contributed by atoms with Gasteiger partial charge >= 0.3 is 12.1 Å². The van der Waals surface area contributed by atoms with E-state index in [1.165, 1.54) is 4.90 Å². The molecular formula is C16H30N2O4. The molecule has 0 spiro atoms. The van der Waals surface area contributed by atoms with Gasteiger partial charge in [-0.25, -0.2) is 4.79 Å². The monoisotopic (exact) mass is 314 g/mol. The maximum atomic E-state index is 12.3. The number of hydrogen-bond donors (Lipinski definition) is 2. The molecular weight excluding hydrogens is 284 g/mol. The number of rotatable bonds is 6. The highest BCUT2D eigenvalue weighted by Gasteiger charge is 2.31. The first kappa shape index (κ1) is 18.7. The first-order valence-corrected chi connectivity index (χ1v) is 8.06. The lowest BCUT2D eigenvalue weighted by Gasteiger charge is -2.28. The maximum absolute atomic E-state index is 12.3. The molecule has 1 aliphatic heterocycles. The van der Waals surface area contributed by atoms with Gasteiger partial charge in [0, 0.05) is 19.1 Å². The molecule has 0 aliphatic carbocycles. The lowest BCUT2D eigenvalue weighted by Crippen LogP contribution is -2.48. The molecule has 128 valence electrons. The van der Waals surface area contributed by atoms with Crippen LogP contribution in [0.3, 0.4) is 0 Å². The van der Waals surface area contributed by atoms with E-state index in [9.17, 15) is 9.59 Å². The van der Waals surface area contributed by atoms with Gasteiger partial charge in [-0.15, -0.1) is 0 Å². The maximum Gasteiger partial charge on any atom is 0.407 e. The Morgan fingerprint density at radius 1 is 1.36 bits per heavy atom. The van der Waals surface area contributed by atoms with Crippen LogP contribution in [0.5, 0.6) is 0 Å². The van der Waals surface area contributed by atoms with Gasteiger partial charge in [0.25, 0.3) is 0 Å². The van der Waals surface area contributed by atoms with E-state index in [1.54, 1.807) is 0 Å². The summed E-state index contributed by atoms with van der Waals surface area (Å²) in [6, 6.07) is -0.454. The predicted octanol–water partition coefficient (Wildman–Crippen LogP) is 2.47. The summed E-state index contributed by atoms with van der Waals surface area (Å²) in [4.78, 5) is 24.9. The number of hydrogen-bond acceptors (Lipinski definition) is 4. The van der Waals surface area contributed by atoms with E-state index >= 15 is 0 Å². The van der Waals surface area contributed by atoms with Crippen LogP contribution in [0.4, 0.5) is 4.79 Å². The summed E-state index contributed by atoms with van der Waals surface area (Å²) in [5.74, 6) is 0.0882. The molecule has 6 heteroatoms. The molecule has 1 heterocycles. The minimum atomic E-state index is -0.887. The zero-order chi connectivity index (χ0) is 16.9. The van der Waals surface area contributed by atoms with Gasteiger partial charge in [0.05, 0.1) is 0 Å². The third-order valence-corrected chi connectivity index (χ3v) is 3.62. The fourth-order valence-electron chi connectivity index (χ4n) is 2.69. The van der Waals surface area contributed by atoms with Gasteiger partial charge < -0.3 is 20.1 Å². The first-order chi connectivity index (χ1) is 10.1. The number of likely N-dealkylation sites (tertiary alicyclic amines) is 1. The molecule has 0 unspecified atom stereocenters. The normalized spacial score (nSPS) is 20.3. The van der Waals surface area contributed by atoms with Gasteiger partial charge in [0.1, 0.15) is 11.6 Å². The summed E-state index contributed by atoms with van der Waals surface area (Å²) >= 11 is 0. The van der Waals surface area contributed by atoms with Crippen LogP contribution in [0, 0.1) is 5.92 Å². The number of amides is 1. The second-order valence-electron chi connectivity index (χ2n) is 7.40. The van der Waals surface area contributed by atoms with Crippen LogP contribution in [-0.2, 0) is 9.53 Å². The quantitative estimate of drug-likeness (QED) is 0.736. The zero-order valence-corrected chi connectivity index (χ0v) is 14.4. The minimum Gasteiger partial charge on any atom is -0.465 e. The van der Waals surface area contributed by atoms with Crippen molar-refractivity contribution in [1.29, 1.82) is 0 Å². The molecule has 22 heavy (non-hydrogen) atoms. The molecule has 0 aromatic heterocycles. The minimum absolute atomic E-state index is 0.0606. The lowest BCUT2D eigenvalue weighted by atomic mass is 10.0. The van der Waals surface area contributed by atoms with Crippen LogP contribution >= 0.6 is 0 Å². The van der Waals surface area contributed by atoms with Crippen LogP contribution in [0.1, 0.15) is 53.9 Å². The molecule has 0 aromatic carbocycles. The Labute approximate surface area is 133 Å². The summed E-state index contributed by atoms with van der Waals surface area (Å²) in [6.45, 7) is 10.7. The van der Waals surface area contributed by atoms with Crippen LogP contribution < -0.4 is 5.32 Å². The van der Waals surface area contributed by atoms with E-state index < -0.39 is 17.7 Å². The third-order valence-electron chi connectivity index (χ3n) is 3.62. The van der Waals surface area contributed by atoms with Crippen molar-refractivity contribution >= 4 is 12.1 Å². The Morgan fingerprint density at radius 2 is 2.00 bits per heavy atom. The molecule has 0 saturated carbocycles. The SMILES string of the molecule is CC(C)C[C@H](NC[C@@H]1CCCN1C(=O)O)C(=O)OC(C)(C)C.